The van der Waals surface area contributed by atoms with Gasteiger partial charge in [-0.2, -0.15) is 0 Å². The Bertz CT molecular complexity index is 655. The fraction of sp³-hybridized carbons (Fsp3) is 0.389. The zero-order chi connectivity index (χ0) is 16.8. The molecule has 0 spiro atoms. The maximum atomic E-state index is 5.51. The number of pyridine rings is 1. The van der Waals surface area contributed by atoms with Crippen LogP contribution in [0.5, 0.6) is 17.2 Å². The zero-order valence-electron chi connectivity index (χ0n) is 14.4. The Hall–Kier alpha value is -2.43. The lowest BCUT2D eigenvalue weighted by Gasteiger charge is -2.21. The Labute approximate surface area is 137 Å². The summed E-state index contributed by atoms with van der Waals surface area (Å²) in [6.07, 6.45) is 0. The van der Waals surface area contributed by atoms with Gasteiger partial charge in [0.05, 0.1) is 27.0 Å². The third kappa shape index (κ3) is 3.50. The number of ether oxygens (including phenoxy) is 3. The zero-order valence-corrected chi connectivity index (χ0v) is 14.4. The van der Waals surface area contributed by atoms with E-state index in [4.69, 9.17) is 19.2 Å². The lowest BCUT2D eigenvalue weighted by Crippen LogP contribution is -2.22. The van der Waals surface area contributed by atoms with Gasteiger partial charge in [-0.05, 0) is 32.0 Å². The summed E-state index contributed by atoms with van der Waals surface area (Å²) in [6.45, 7) is 6.07. The van der Waals surface area contributed by atoms with Crippen LogP contribution in [0.1, 0.15) is 13.8 Å². The highest BCUT2D eigenvalue weighted by atomic mass is 16.5. The van der Waals surface area contributed by atoms with Gasteiger partial charge in [-0.1, -0.05) is 6.07 Å². The molecule has 124 valence electrons. The molecule has 2 rings (SSSR count). The highest BCUT2D eigenvalue weighted by Crippen LogP contribution is 2.39. The predicted octanol–water partition coefficient (Wildman–Crippen LogP) is 3.62. The molecule has 1 heterocycles. The minimum absolute atomic E-state index is 0.632. The number of aromatic nitrogens is 1. The number of rotatable bonds is 7. The van der Waals surface area contributed by atoms with Gasteiger partial charge in [-0.15, -0.1) is 0 Å². The predicted molar refractivity (Wildman–Crippen MR) is 92.9 cm³/mol. The first-order chi connectivity index (χ1) is 11.2. The van der Waals surface area contributed by atoms with E-state index in [1.807, 2.05) is 30.3 Å². The van der Waals surface area contributed by atoms with Gasteiger partial charge < -0.3 is 19.1 Å². The Balaban J connectivity index is 2.55. The quantitative estimate of drug-likeness (QED) is 0.780. The van der Waals surface area contributed by atoms with Gasteiger partial charge in [0.25, 0.3) is 0 Å². The maximum absolute atomic E-state index is 5.51. The number of nitrogens with zero attached hydrogens (tertiary/aromatic N) is 2. The molecule has 5 nitrogen and oxygen atoms in total. The lowest BCUT2D eigenvalue weighted by atomic mass is 10.1. The van der Waals surface area contributed by atoms with E-state index >= 15 is 0 Å². The van der Waals surface area contributed by atoms with Gasteiger partial charge in [0.1, 0.15) is 11.6 Å². The fourth-order valence-electron chi connectivity index (χ4n) is 2.53. The minimum Gasteiger partial charge on any atom is -0.496 e. The van der Waals surface area contributed by atoms with Crippen LogP contribution in [0.3, 0.4) is 0 Å². The summed E-state index contributed by atoms with van der Waals surface area (Å²) in [7, 11) is 4.86. The Kier molecular flexibility index (Phi) is 5.68. The van der Waals surface area contributed by atoms with E-state index in [1.54, 1.807) is 21.3 Å². The number of benzene rings is 1. The molecule has 0 unspecified atom stereocenters. The van der Waals surface area contributed by atoms with Gasteiger partial charge in [0, 0.05) is 24.7 Å². The van der Waals surface area contributed by atoms with Crippen LogP contribution in [-0.4, -0.2) is 39.4 Å². The van der Waals surface area contributed by atoms with Crippen LogP contribution < -0.4 is 19.1 Å². The summed E-state index contributed by atoms with van der Waals surface area (Å²) < 4.78 is 16.2. The van der Waals surface area contributed by atoms with Gasteiger partial charge >= 0.3 is 0 Å². The molecular formula is C18H24N2O3. The summed E-state index contributed by atoms with van der Waals surface area (Å²) in [6, 6.07) is 9.71. The third-order valence-corrected chi connectivity index (χ3v) is 3.80. The van der Waals surface area contributed by atoms with Gasteiger partial charge in [-0.25, -0.2) is 4.98 Å². The molecular weight excluding hydrogens is 292 g/mol. The molecule has 0 aliphatic carbocycles. The van der Waals surface area contributed by atoms with E-state index in [2.05, 4.69) is 18.7 Å². The molecule has 0 radical (unpaired) electrons. The van der Waals surface area contributed by atoms with Crippen LogP contribution in [0, 0.1) is 0 Å². The molecule has 0 aliphatic rings. The molecule has 0 saturated carbocycles. The van der Waals surface area contributed by atoms with E-state index in [-0.39, 0.29) is 0 Å². The van der Waals surface area contributed by atoms with Crippen molar-refractivity contribution in [3.8, 4) is 28.5 Å². The van der Waals surface area contributed by atoms with Crippen LogP contribution >= 0.6 is 0 Å². The SMILES string of the molecule is CCN(CC)c1cccc(-c2cc(OC)c(OC)cc2OC)n1. The van der Waals surface area contributed by atoms with E-state index in [0.717, 1.165) is 30.2 Å². The highest BCUT2D eigenvalue weighted by Gasteiger charge is 2.15. The van der Waals surface area contributed by atoms with Crippen molar-refractivity contribution in [1.29, 1.82) is 0 Å². The topological polar surface area (TPSA) is 43.8 Å². The van der Waals surface area contributed by atoms with Crippen LogP contribution in [0.15, 0.2) is 30.3 Å². The van der Waals surface area contributed by atoms with Crippen LogP contribution in [0.25, 0.3) is 11.3 Å². The maximum Gasteiger partial charge on any atom is 0.164 e. The molecule has 2 aromatic rings. The second-order valence-electron chi connectivity index (χ2n) is 4.96. The van der Waals surface area contributed by atoms with Gasteiger partial charge in [0.15, 0.2) is 11.5 Å². The van der Waals surface area contributed by atoms with Gasteiger partial charge in [-0.3, -0.25) is 0 Å². The standard InChI is InChI=1S/C18H24N2O3/c1-6-20(7-2)18-10-8-9-14(19-18)13-11-16(22-4)17(23-5)12-15(13)21-3/h8-12H,6-7H2,1-5H3. The van der Waals surface area contributed by atoms with Crippen molar-refractivity contribution in [2.45, 2.75) is 13.8 Å². The number of hydrogen-bond donors (Lipinski definition) is 0. The summed E-state index contributed by atoms with van der Waals surface area (Å²) in [4.78, 5) is 6.98. The van der Waals surface area contributed by atoms with Crippen molar-refractivity contribution in [1.82, 2.24) is 4.98 Å². The first-order valence-electron chi connectivity index (χ1n) is 7.70. The largest absolute Gasteiger partial charge is 0.496 e. The normalized spacial score (nSPS) is 10.3. The number of hydrogen-bond acceptors (Lipinski definition) is 5. The summed E-state index contributed by atoms with van der Waals surface area (Å²) >= 11 is 0. The average molecular weight is 316 g/mol. The average Bonchev–Trinajstić information content (AvgIpc) is 2.61. The van der Waals surface area contributed by atoms with E-state index in [0.29, 0.717) is 17.2 Å². The van der Waals surface area contributed by atoms with E-state index in [1.165, 1.54) is 0 Å². The highest BCUT2D eigenvalue weighted by molar-refractivity contribution is 5.72. The number of methoxy groups -OCH3 is 3. The summed E-state index contributed by atoms with van der Waals surface area (Å²) in [5.74, 6) is 2.93. The van der Waals surface area contributed by atoms with Crippen molar-refractivity contribution in [2.75, 3.05) is 39.3 Å². The van der Waals surface area contributed by atoms with E-state index in [9.17, 15) is 0 Å². The number of anilines is 1. The molecule has 0 aliphatic heterocycles. The second-order valence-corrected chi connectivity index (χ2v) is 4.96. The molecule has 1 aromatic carbocycles. The van der Waals surface area contributed by atoms with Crippen molar-refractivity contribution >= 4 is 5.82 Å². The van der Waals surface area contributed by atoms with Crippen LogP contribution in [-0.2, 0) is 0 Å². The van der Waals surface area contributed by atoms with E-state index < -0.39 is 0 Å². The Morgan fingerprint density at radius 3 is 2.04 bits per heavy atom. The fourth-order valence-corrected chi connectivity index (χ4v) is 2.53. The molecule has 0 N–H and O–H groups in total. The monoisotopic (exact) mass is 316 g/mol. The molecule has 23 heavy (non-hydrogen) atoms. The Morgan fingerprint density at radius 2 is 1.48 bits per heavy atom. The molecule has 0 atom stereocenters. The van der Waals surface area contributed by atoms with Crippen molar-refractivity contribution in [2.24, 2.45) is 0 Å². The van der Waals surface area contributed by atoms with Gasteiger partial charge in [0.2, 0.25) is 0 Å². The molecule has 1 aromatic heterocycles. The minimum atomic E-state index is 0.632. The molecule has 0 amide bonds. The molecule has 0 saturated heterocycles. The first-order valence-corrected chi connectivity index (χ1v) is 7.70. The molecule has 5 heteroatoms. The smallest absolute Gasteiger partial charge is 0.164 e. The van der Waals surface area contributed by atoms with Crippen molar-refractivity contribution in [3.05, 3.63) is 30.3 Å². The van der Waals surface area contributed by atoms with Crippen LogP contribution in [0.4, 0.5) is 5.82 Å². The lowest BCUT2D eigenvalue weighted by molar-refractivity contribution is 0.349. The molecule has 0 bridgehead atoms. The van der Waals surface area contributed by atoms with Crippen molar-refractivity contribution < 1.29 is 14.2 Å². The summed E-state index contributed by atoms with van der Waals surface area (Å²) in [5.41, 5.74) is 1.71. The van der Waals surface area contributed by atoms with Crippen LogP contribution in [0.2, 0.25) is 0 Å². The Morgan fingerprint density at radius 1 is 0.870 bits per heavy atom. The summed E-state index contributed by atoms with van der Waals surface area (Å²) in [5, 5.41) is 0. The molecule has 0 fully saturated rings. The van der Waals surface area contributed by atoms with Crippen molar-refractivity contribution in [3.63, 3.8) is 0 Å². The first kappa shape index (κ1) is 16.9. The third-order valence-electron chi connectivity index (χ3n) is 3.80. The second kappa shape index (κ2) is 7.72.